The molecule has 4 rings (SSSR count). The van der Waals surface area contributed by atoms with Gasteiger partial charge in [0.25, 0.3) is 0 Å². The maximum Gasteiger partial charge on any atom is 0.245 e. The van der Waals surface area contributed by atoms with Crippen LogP contribution in [-0.2, 0) is 22.6 Å². The molecule has 0 N–H and O–H groups in total. The van der Waals surface area contributed by atoms with Gasteiger partial charge in [0.1, 0.15) is 6.04 Å². The number of aromatic nitrogens is 3. The molecule has 3 heterocycles. The number of aryl methyl sites for hydroxylation is 2. The molecule has 0 radical (unpaired) electrons. The van der Waals surface area contributed by atoms with Crippen molar-refractivity contribution in [2.45, 2.75) is 45.7 Å². The minimum atomic E-state index is -0.472. The number of pyridine rings is 1. The summed E-state index contributed by atoms with van der Waals surface area (Å²) >= 11 is 0. The number of carbonyl (C=O) groups is 2. The van der Waals surface area contributed by atoms with Crippen molar-refractivity contribution in [1.82, 2.24) is 24.6 Å². The highest BCUT2D eigenvalue weighted by Gasteiger charge is 2.36. The summed E-state index contributed by atoms with van der Waals surface area (Å²) in [6, 6.07) is 13.6. The Morgan fingerprint density at radius 3 is 2.52 bits per heavy atom. The van der Waals surface area contributed by atoms with E-state index in [0.717, 1.165) is 35.3 Å². The molecule has 0 aliphatic carbocycles. The molecular weight excluding hydrogens is 414 g/mol. The number of carbonyl (C=O) groups excluding carboxylic acids is 2. The summed E-state index contributed by atoms with van der Waals surface area (Å²) in [7, 11) is 0. The molecule has 1 atom stereocenters. The molecule has 1 aliphatic rings. The van der Waals surface area contributed by atoms with Crippen LogP contribution in [0.5, 0.6) is 0 Å². The van der Waals surface area contributed by atoms with E-state index in [1.165, 1.54) is 0 Å². The Labute approximate surface area is 195 Å². The number of amides is 2. The predicted molar refractivity (Wildman–Crippen MR) is 127 cm³/mol. The lowest BCUT2D eigenvalue weighted by Gasteiger charge is -2.41. The lowest BCUT2D eigenvalue weighted by Crippen LogP contribution is -2.59. The van der Waals surface area contributed by atoms with Gasteiger partial charge >= 0.3 is 0 Å². The van der Waals surface area contributed by atoms with Gasteiger partial charge < -0.3 is 9.80 Å². The molecule has 7 heteroatoms. The third kappa shape index (κ3) is 5.30. The zero-order valence-corrected chi connectivity index (χ0v) is 19.4. The molecule has 3 aromatic rings. The summed E-state index contributed by atoms with van der Waals surface area (Å²) in [5.74, 6) is 0.0504. The molecule has 1 fully saturated rings. The van der Waals surface area contributed by atoms with Crippen LogP contribution in [0.3, 0.4) is 0 Å². The molecule has 2 aromatic heterocycles. The molecule has 7 nitrogen and oxygen atoms in total. The first kappa shape index (κ1) is 22.7. The molecule has 33 heavy (non-hydrogen) atoms. The largest absolute Gasteiger partial charge is 0.339 e. The Balaban J connectivity index is 1.49. The number of rotatable bonds is 8. The maximum absolute atomic E-state index is 13.3. The van der Waals surface area contributed by atoms with Gasteiger partial charge in [0, 0.05) is 63.3 Å². The van der Waals surface area contributed by atoms with Gasteiger partial charge in [-0.15, -0.1) is 0 Å². The summed E-state index contributed by atoms with van der Waals surface area (Å²) in [5.41, 5.74) is 4.20. The van der Waals surface area contributed by atoms with Crippen molar-refractivity contribution in [1.29, 1.82) is 0 Å². The van der Waals surface area contributed by atoms with Gasteiger partial charge in [-0.2, -0.15) is 5.10 Å². The summed E-state index contributed by atoms with van der Waals surface area (Å²) in [6.45, 7) is 6.46. The van der Waals surface area contributed by atoms with E-state index in [9.17, 15) is 9.59 Å². The zero-order chi connectivity index (χ0) is 23.2. The third-order valence-electron chi connectivity index (χ3n) is 6.24. The third-order valence-corrected chi connectivity index (χ3v) is 6.24. The zero-order valence-electron chi connectivity index (χ0n) is 19.4. The highest BCUT2D eigenvalue weighted by molar-refractivity contribution is 5.89. The second-order valence-electron chi connectivity index (χ2n) is 8.52. The molecule has 1 saturated heterocycles. The van der Waals surface area contributed by atoms with Crippen molar-refractivity contribution in [3.63, 3.8) is 0 Å². The Morgan fingerprint density at radius 1 is 1.03 bits per heavy atom. The van der Waals surface area contributed by atoms with E-state index in [-0.39, 0.29) is 11.8 Å². The first-order valence-electron chi connectivity index (χ1n) is 11.6. The molecule has 172 valence electrons. The molecule has 2 amide bonds. The van der Waals surface area contributed by atoms with Gasteiger partial charge in [-0.05, 0) is 42.2 Å². The highest BCUT2D eigenvalue weighted by atomic mass is 16.2. The van der Waals surface area contributed by atoms with Gasteiger partial charge in [0.15, 0.2) is 0 Å². The first-order chi connectivity index (χ1) is 16.1. The van der Waals surface area contributed by atoms with E-state index >= 15 is 0 Å². The first-order valence-corrected chi connectivity index (χ1v) is 11.6. The molecule has 0 spiro atoms. The number of benzene rings is 1. The van der Waals surface area contributed by atoms with Crippen LogP contribution in [0.4, 0.5) is 0 Å². The highest BCUT2D eigenvalue weighted by Crippen LogP contribution is 2.22. The quantitative estimate of drug-likeness (QED) is 0.533. The van der Waals surface area contributed by atoms with E-state index in [1.54, 1.807) is 17.3 Å². The normalized spacial score (nSPS) is 16.3. The Bertz CT molecular complexity index is 1080. The second-order valence-corrected chi connectivity index (χ2v) is 8.52. The second kappa shape index (κ2) is 10.4. The molecule has 1 aliphatic heterocycles. The van der Waals surface area contributed by atoms with Crippen molar-refractivity contribution >= 4 is 11.8 Å². The molecule has 0 bridgehead atoms. The fourth-order valence-corrected chi connectivity index (χ4v) is 4.39. The Morgan fingerprint density at radius 2 is 1.85 bits per heavy atom. The van der Waals surface area contributed by atoms with Crippen LogP contribution in [-0.4, -0.2) is 62.1 Å². The van der Waals surface area contributed by atoms with Crippen molar-refractivity contribution in [2.24, 2.45) is 0 Å². The lowest BCUT2D eigenvalue weighted by atomic mass is 9.98. The van der Waals surface area contributed by atoms with Gasteiger partial charge in [0.05, 0.1) is 0 Å². The average molecular weight is 446 g/mol. The predicted octanol–water partition coefficient (Wildman–Crippen LogP) is 3.34. The number of hydrogen-bond donors (Lipinski definition) is 0. The Hall–Kier alpha value is -3.48. The van der Waals surface area contributed by atoms with Crippen LogP contribution >= 0.6 is 0 Å². The van der Waals surface area contributed by atoms with Crippen LogP contribution in [0.15, 0.2) is 61.1 Å². The van der Waals surface area contributed by atoms with Gasteiger partial charge in [-0.1, -0.05) is 37.3 Å². The van der Waals surface area contributed by atoms with Crippen molar-refractivity contribution in [2.75, 3.05) is 19.6 Å². The van der Waals surface area contributed by atoms with Crippen LogP contribution in [0.1, 0.15) is 31.0 Å². The topological polar surface area (TPSA) is 71.3 Å². The lowest BCUT2D eigenvalue weighted by molar-refractivity contribution is -0.151. The number of piperazine rings is 1. The summed E-state index contributed by atoms with van der Waals surface area (Å²) < 4.78 is 1.83. The monoisotopic (exact) mass is 445 g/mol. The summed E-state index contributed by atoms with van der Waals surface area (Å²) in [6.07, 6.45) is 7.09. The Kier molecular flexibility index (Phi) is 7.17. The van der Waals surface area contributed by atoms with E-state index in [1.807, 2.05) is 53.0 Å². The van der Waals surface area contributed by atoms with E-state index in [0.29, 0.717) is 32.5 Å². The van der Waals surface area contributed by atoms with Gasteiger partial charge in [0.2, 0.25) is 11.8 Å². The summed E-state index contributed by atoms with van der Waals surface area (Å²) in [4.78, 5) is 34.3. The average Bonchev–Trinajstić information content (AvgIpc) is 3.26. The molecular formula is C26H31N5O2. The van der Waals surface area contributed by atoms with Crippen LogP contribution < -0.4 is 0 Å². The van der Waals surface area contributed by atoms with Crippen molar-refractivity contribution in [3.8, 4) is 11.1 Å². The van der Waals surface area contributed by atoms with Gasteiger partial charge in [-0.3, -0.25) is 19.3 Å². The molecule has 0 saturated carbocycles. The van der Waals surface area contributed by atoms with E-state index in [2.05, 4.69) is 29.1 Å². The summed E-state index contributed by atoms with van der Waals surface area (Å²) in [5, 5.41) is 4.27. The number of nitrogens with zero attached hydrogens (tertiary/aromatic N) is 5. The minimum absolute atomic E-state index is 0.00591. The standard InChI is InChI=1S/C26H31N5O2/c1-3-14-29-16-17-30(25(32)11-15-31-20(2)10-13-28-31)24(26(29)33)18-21-6-8-22(9-7-21)23-5-4-12-27-19-23/h4-10,12-13,19,24H,3,11,14-18H2,1-2H3. The van der Waals surface area contributed by atoms with E-state index < -0.39 is 6.04 Å². The fourth-order valence-electron chi connectivity index (χ4n) is 4.39. The minimum Gasteiger partial charge on any atom is -0.339 e. The molecule has 1 unspecified atom stereocenters. The fraction of sp³-hybridized carbons (Fsp3) is 0.385. The van der Waals surface area contributed by atoms with Crippen molar-refractivity contribution < 1.29 is 9.59 Å². The number of hydrogen-bond acceptors (Lipinski definition) is 4. The van der Waals surface area contributed by atoms with Crippen molar-refractivity contribution in [3.05, 3.63) is 72.3 Å². The van der Waals surface area contributed by atoms with Crippen LogP contribution in [0, 0.1) is 6.92 Å². The van der Waals surface area contributed by atoms with Crippen LogP contribution in [0.2, 0.25) is 0 Å². The SMILES string of the molecule is CCCN1CCN(C(=O)CCn2nccc2C)C(Cc2ccc(-c3cccnc3)cc2)C1=O. The van der Waals surface area contributed by atoms with Gasteiger partial charge in [-0.25, -0.2) is 0 Å². The maximum atomic E-state index is 13.3. The van der Waals surface area contributed by atoms with Crippen LogP contribution in [0.25, 0.3) is 11.1 Å². The molecule has 1 aromatic carbocycles. The van der Waals surface area contributed by atoms with E-state index in [4.69, 9.17) is 0 Å². The smallest absolute Gasteiger partial charge is 0.245 e.